The molecule has 114 valence electrons. The van der Waals surface area contributed by atoms with Gasteiger partial charge in [0.15, 0.2) is 5.69 Å². The molecule has 2 rings (SSSR count). The van der Waals surface area contributed by atoms with Crippen LogP contribution in [0.4, 0.5) is 0 Å². The number of aromatic nitrogens is 3. The monoisotopic (exact) mass is 298 g/mol. The van der Waals surface area contributed by atoms with Gasteiger partial charge < -0.3 is 4.74 Å². The molecule has 0 amide bonds. The summed E-state index contributed by atoms with van der Waals surface area (Å²) in [6, 6.07) is 9.01. The van der Waals surface area contributed by atoms with E-state index in [0.717, 1.165) is 12.1 Å². The van der Waals surface area contributed by atoms with Crippen LogP contribution in [0, 0.1) is 11.3 Å². The molecule has 0 aliphatic carbocycles. The summed E-state index contributed by atoms with van der Waals surface area (Å²) >= 11 is 0. The lowest BCUT2D eigenvalue weighted by Gasteiger charge is -2.10. The van der Waals surface area contributed by atoms with Crippen molar-refractivity contribution in [2.24, 2.45) is 0 Å². The van der Waals surface area contributed by atoms with Crippen molar-refractivity contribution in [3.05, 3.63) is 41.2 Å². The van der Waals surface area contributed by atoms with Crippen molar-refractivity contribution in [2.45, 2.75) is 39.7 Å². The Bertz CT molecular complexity index is 713. The molecular formula is C16H18N4O2. The molecule has 6 nitrogen and oxygen atoms in total. The zero-order valence-electron chi connectivity index (χ0n) is 12.9. The highest BCUT2D eigenvalue weighted by atomic mass is 16.5. The van der Waals surface area contributed by atoms with Gasteiger partial charge in [-0.2, -0.15) is 5.26 Å². The van der Waals surface area contributed by atoms with Gasteiger partial charge in [-0.3, -0.25) is 0 Å². The first-order chi connectivity index (χ1) is 10.6. The maximum atomic E-state index is 12.0. The molecule has 2 aromatic rings. The quantitative estimate of drug-likeness (QED) is 0.793. The zero-order chi connectivity index (χ0) is 16.1. The van der Waals surface area contributed by atoms with Crippen LogP contribution in [0.2, 0.25) is 0 Å². The van der Waals surface area contributed by atoms with Gasteiger partial charge in [-0.05, 0) is 38.5 Å². The average molecular weight is 298 g/mol. The average Bonchev–Trinajstić information content (AvgIpc) is 2.90. The molecule has 1 aromatic heterocycles. The van der Waals surface area contributed by atoms with Crippen LogP contribution in [-0.4, -0.2) is 27.1 Å². The molecular weight excluding hydrogens is 280 g/mol. The Morgan fingerprint density at radius 2 is 2.23 bits per heavy atom. The molecule has 1 aromatic carbocycles. The van der Waals surface area contributed by atoms with Crippen molar-refractivity contribution in [3.8, 4) is 11.8 Å². The van der Waals surface area contributed by atoms with Crippen LogP contribution in [0.3, 0.4) is 0 Å². The number of rotatable bonds is 5. The van der Waals surface area contributed by atoms with Gasteiger partial charge in [0.1, 0.15) is 6.07 Å². The van der Waals surface area contributed by atoms with Crippen molar-refractivity contribution < 1.29 is 9.53 Å². The maximum absolute atomic E-state index is 12.0. The molecule has 0 N–H and O–H groups in total. The van der Waals surface area contributed by atoms with Crippen molar-refractivity contribution in [1.29, 1.82) is 5.26 Å². The number of nitriles is 1. The first-order valence-electron chi connectivity index (χ1n) is 7.23. The Morgan fingerprint density at radius 3 is 2.86 bits per heavy atom. The van der Waals surface area contributed by atoms with Gasteiger partial charge in [-0.15, -0.1) is 5.10 Å². The molecule has 0 spiro atoms. The first-order valence-corrected chi connectivity index (χ1v) is 7.23. The molecule has 0 atom stereocenters. The minimum absolute atomic E-state index is 0.177. The summed E-state index contributed by atoms with van der Waals surface area (Å²) in [5.74, 6) is -0.380. The van der Waals surface area contributed by atoms with E-state index in [1.807, 2.05) is 19.1 Å². The van der Waals surface area contributed by atoms with E-state index in [9.17, 15) is 4.79 Å². The Kier molecular flexibility index (Phi) is 4.89. The largest absolute Gasteiger partial charge is 0.459 e. The predicted octanol–water partition coefficient (Wildman–Crippen LogP) is 2.66. The van der Waals surface area contributed by atoms with Crippen LogP contribution in [0.1, 0.15) is 48.9 Å². The molecule has 0 unspecified atom stereocenters. The number of carbonyl (C=O) groups is 1. The molecule has 0 radical (unpaired) electrons. The highest BCUT2D eigenvalue weighted by molar-refractivity contribution is 5.90. The Balaban J connectivity index is 2.40. The number of hydrogen-bond donors (Lipinski definition) is 0. The van der Waals surface area contributed by atoms with Crippen molar-refractivity contribution in [2.75, 3.05) is 0 Å². The lowest BCUT2D eigenvalue weighted by atomic mass is 10.1. The van der Waals surface area contributed by atoms with Gasteiger partial charge in [0.05, 0.1) is 23.0 Å². The fraction of sp³-hybridized carbons (Fsp3) is 0.375. The van der Waals surface area contributed by atoms with E-state index < -0.39 is 0 Å². The minimum Gasteiger partial charge on any atom is -0.459 e. The van der Waals surface area contributed by atoms with Gasteiger partial charge in [0.25, 0.3) is 0 Å². The summed E-state index contributed by atoms with van der Waals surface area (Å²) in [5, 5.41) is 17.0. The summed E-state index contributed by atoms with van der Waals surface area (Å²) in [4.78, 5) is 12.0. The van der Waals surface area contributed by atoms with Gasteiger partial charge in [-0.1, -0.05) is 24.6 Å². The first kappa shape index (κ1) is 15.7. The summed E-state index contributed by atoms with van der Waals surface area (Å²) in [6.45, 7) is 5.63. The fourth-order valence-corrected chi connectivity index (χ4v) is 2.10. The van der Waals surface area contributed by atoms with E-state index in [-0.39, 0.29) is 12.1 Å². The normalized spacial score (nSPS) is 10.5. The molecule has 0 aliphatic heterocycles. The van der Waals surface area contributed by atoms with E-state index >= 15 is 0 Å². The molecule has 0 saturated heterocycles. The highest BCUT2D eigenvalue weighted by Crippen LogP contribution is 2.16. The number of benzene rings is 1. The van der Waals surface area contributed by atoms with Gasteiger partial charge in [0.2, 0.25) is 0 Å². The Morgan fingerprint density at radius 1 is 1.45 bits per heavy atom. The molecule has 0 saturated carbocycles. The number of carbonyl (C=O) groups excluding carboxylic acids is 1. The van der Waals surface area contributed by atoms with E-state index in [1.54, 1.807) is 36.7 Å². The molecule has 1 heterocycles. The molecule has 22 heavy (non-hydrogen) atoms. The van der Waals surface area contributed by atoms with Crippen molar-refractivity contribution >= 4 is 5.97 Å². The van der Waals surface area contributed by atoms with E-state index in [0.29, 0.717) is 23.4 Å². The van der Waals surface area contributed by atoms with Crippen LogP contribution < -0.4 is 0 Å². The predicted molar refractivity (Wildman–Crippen MR) is 80.6 cm³/mol. The number of hydrogen-bond acceptors (Lipinski definition) is 5. The summed E-state index contributed by atoms with van der Waals surface area (Å²) < 4.78 is 6.80. The lowest BCUT2D eigenvalue weighted by molar-refractivity contribution is 0.0378. The van der Waals surface area contributed by atoms with Gasteiger partial charge in [-0.25, -0.2) is 9.48 Å². The van der Waals surface area contributed by atoms with Crippen LogP contribution in [0.15, 0.2) is 24.3 Å². The topological polar surface area (TPSA) is 80.8 Å². The maximum Gasteiger partial charge on any atom is 0.338 e. The third kappa shape index (κ3) is 3.31. The van der Waals surface area contributed by atoms with E-state index in [1.165, 1.54) is 0 Å². The van der Waals surface area contributed by atoms with Gasteiger partial charge in [0, 0.05) is 0 Å². The van der Waals surface area contributed by atoms with E-state index in [2.05, 4.69) is 10.3 Å². The second-order valence-electron chi connectivity index (χ2n) is 5.16. The third-order valence-electron chi connectivity index (χ3n) is 3.03. The SMILES string of the molecule is CCCc1c(C#N)nnn1-c1cccc(C(=O)OC(C)C)c1. The van der Waals surface area contributed by atoms with E-state index in [4.69, 9.17) is 10.00 Å². The van der Waals surface area contributed by atoms with Crippen LogP contribution in [0.25, 0.3) is 5.69 Å². The molecule has 0 aliphatic rings. The van der Waals surface area contributed by atoms with Crippen molar-refractivity contribution in [3.63, 3.8) is 0 Å². The number of esters is 1. The molecule has 0 fully saturated rings. The Labute approximate surface area is 129 Å². The van der Waals surface area contributed by atoms with Crippen LogP contribution in [0.5, 0.6) is 0 Å². The fourth-order valence-electron chi connectivity index (χ4n) is 2.10. The Hall–Kier alpha value is -2.68. The molecule has 0 bridgehead atoms. The number of nitrogens with zero attached hydrogens (tertiary/aromatic N) is 4. The smallest absolute Gasteiger partial charge is 0.338 e. The standard InChI is InChI=1S/C16H18N4O2/c1-4-6-15-14(10-17)18-19-20(15)13-8-5-7-12(9-13)16(21)22-11(2)3/h5,7-9,11H,4,6H2,1-3H3. The minimum atomic E-state index is -0.380. The third-order valence-corrected chi connectivity index (χ3v) is 3.03. The summed E-state index contributed by atoms with van der Waals surface area (Å²) in [7, 11) is 0. The zero-order valence-corrected chi connectivity index (χ0v) is 12.9. The second kappa shape index (κ2) is 6.85. The molecule has 6 heteroatoms. The van der Waals surface area contributed by atoms with Gasteiger partial charge >= 0.3 is 5.97 Å². The summed E-state index contributed by atoms with van der Waals surface area (Å²) in [5.41, 5.74) is 2.20. The van der Waals surface area contributed by atoms with Crippen LogP contribution in [-0.2, 0) is 11.2 Å². The van der Waals surface area contributed by atoms with Crippen LogP contribution >= 0.6 is 0 Å². The number of ether oxygens (including phenoxy) is 1. The summed E-state index contributed by atoms with van der Waals surface area (Å²) in [6.07, 6.45) is 1.39. The van der Waals surface area contributed by atoms with Crippen molar-refractivity contribution in [1.82, 2.24) is 15.0 Å². The highest BCUT2D eigenvalue weighted by Gasteiger charge is 2.15. The lowest BCUT2D eigenvalue weighted by Crippen LogP contribution is -2.12. The second-order valence-corrected chi connectivity index (χ2v) is 5.16.